The molecule has 0 bridgehead atoms. The number of benzene rings is 2. The first-order valence-electron chi connectivity index (χ1n) is 5.33. The van der Waals surface area contributed by atoms with Crippen molar-refractivity contribution < 1.29 is 4.79 Å². The van der Waals surface area contributed by atoms with Crippen LogP contribution in [0.25, 0.3) is 21.8 Å². The third kappa shape index (κ3) is 1.44. The molecule has 3 heteroatoms. The smallest absolute Gasteiger partial charge is 0.152 e. The number of rotatable bonds is 1. The van der Waals surface area contributed by atoms with E-state index in [1.807, 2.05) is 36.4 Å². The van der Waals surface area contributed by atoms with Gasteiger partial charge < -0.3 is 5.73 Å². The van der Waals surface area contributed by atoms with Crippen molar-refractivity contribution in [3.8, 4) is 0 Å². The van der Waals surface area contributed by atoms with Gasteiger partial charge in [-0.1, -0.05) is 18.2 Å². The second-order valence-electron chi connectivity index (χ2n) is 3.93. The van der Waals surface area contributed by atoms with E-state index >= 15 is 0 Å². The normalized spacial score (nSPS) is 10.8. The van der Waals surface area contributed by atoms with E-state index in [1.165, 1.54) is 0 Å². The van der Waals surface area contributed by atoms with Gasteiger partial charge in [0.2, 0.25) is 0 Å². The highest BCUT2D eigenvalue weighted by atomic mass is 16.1. The summed E-state index contributed by atoms with van der Waals surface area (Å²) in [5.74, 6) is 0. The highest BCUT2D eigenvalue weighted by Gasteiger charge is 2.06. The SMILES string of the molecule is Nc1c(C=O)ccc2nc3ccccc3cc12. The van der Waals surface area contributed by atoms with E-state index in [0.717, 1.165) is 28.1 Å². The Morgan fingerprint density at radius 2 is 1.88 bits per heavy atom. The van der Waals surface area contributed by atoms with Gasteiger partial charge in [-0.2, -0.15) is 0 Å². The van der Waals surface area contributed by atoms with Crippen molar-refractivity contribution in [3.63, 3.8) is 0 Å². The Morgan fingerprint density at radius 3 is 2.71 bits per heavy atom. The number of carbonyl (C=O) groups is 1. The van der Waals surface area contributed by atoms with E-state index in [1.54, 1.807) is 6.07 Å². The fraction of sp³-hybridized carbons (Fsp3) is 0. The number of aromatic nitrogens is 1. The van der Waals surface area contributed by atoms with Crippen molar-refractivity contribution in [2.24, 2.45) is 0 Å². The summed E-state index contributed by atoms with van der Waals surface area (Å²) < 4.78 is 0. The average molecular weight is 222 g/mol. The van der Waals surface area contributed by atoms with Gasteiger partial charge in [0.05, 0.1) is 16.7 Å². The van der Waals surface area contributed by atoms with Gasteiger partial charge in [0.25, 0.3) is 0 Å². The predicted octanol–water partition coefficient (Wildman–Crippen LogP) is 2.78. The lowest BCUT2D eigenvalue weighted by molar-refractivity contribution is 0.112. The summed E-state index contributed by atoms with van der Waals surface area (Å²) in [5, 5.41) is 1.85. The Hall–Kier alpha value is -2.42. The Balaban J connectivity index is 2.48. The lowest BCUT2D eigenvalue weighted by Crippen LogP contribution is -1.95. The number of nitrogens with two attached hydrogens (primary N) is 1. The van der Waals surface area contributed by atoms with Gasteiger partial charge in [-0.3, -0.25) is 4.79 Å². The van der Waals surface area contributed by atoms with Crippen LogP contribution in [0, 0.1) is 0 Å². The molecule has 0 radical (unpaired) electrons. The topological polar surface area (TPSA) is 56.0 Å². The number of nitrogen functional groups attached to an aromatic ring is 1. The number of anilines is 1. The van der Waals surface area contributed by atoms with Crippen LogP contribution in [0.5, 0.6) is 0 Å². The Kier molecular flexibility index (Phi) is 2.05. The van der Waals surface area contributed by atoms with Crippen molar-refractivity contribution in [1.82, 2.24) is 4.98 Å². The monoisotopic (exact) mass is 222 g/mol. The molecule has 0 aliphatic carbocycles. The van der Waals surface area contributed by atoms with Crippen molar-refractivity contribution >= 4 is 33.8 Å². The standard InChI is InChI=1S/C14H10N2O/c15-14-10(8-17)5-6-13-11(14)7-9-3-1-2-4-12(9)16-13/h1-8H,15H2. The molecule has 0 fully saturated rings. The first-order chi connectivity index (χ1) is 8.29. The van der Waals surface area contributed by atoms with Crippen LogP contribution in [0.4, 0.5) is 5.69 Å². The molecule has 3 nitrogen and oxygen atoms in total. The van der Waals surface area contributed by atoms with Crippen molar-refractivity contribution in [2.75, 3.05) is 5.73 Å². The summed E-state index contributed by atoms with van der Waals surface area (Å²) in [7, 11) is 0. The molecule has 0 unspecified atom stereocenters. The van der Waals surface area contributed by atoms with E-state index in [0.29, 0.717) is 11.3 Å². The Bertz CT molecular complexity index is 735. The fourth-order valence-corrected chi connectivity index (χ4v) is 1.99. The number of carbonyl (C=O) groups excluding carboxylic acids is 1. The molecular weight excluding hydrogens is 212 g/mol. The molecular formula is C14H10N2O. The van der Waals surface area contributed by atoms with Gasteiger partial charge in [-0.15, -0.1) is 0 Å². The molecule has 3 rings (SSSR count). The Labute approximate surface area is 97.9 Å². The molecule has 1 aromatic heterocycles. The number of hydrogen-bond donors (Lipinski definition) is 1. The van der Waals surface area contributed by atoms with E-state index < -0.39 is 0 Å². The molecule has 0 amide bonds. The average Bonchev–Trinajstić information content (AvgIpc) is 2.37. The summed E-state index contributed by atoms with van der Waals surface area (Å²) in [6.07, 6.45) is 0.768. The molecule has 0 saturated carbocycles. The zero-order valence-electron chi connectivity index (χ0n) is 9.05. The van der Waals surface area contributed by atoms with Gasteiger partial charge >= 0.3 is 0 Å². The van der Waals surface area contributed by atoms with Crippen LogP contribution in [0.2, 0.25) is 0 Å². The van der Waals surface area contributed by atoms with Crippen LogP contribution in [-0.2, 0) is 0 Å². The van der Waals surface area contributed by atoms with Gasteiger partial charge in [-0.25, -0.2) is 4.98 Å². The van der Waals surface area contributed by atoms with Gasteiger partial charge in [0.1, 0.15) is 0 Å². The predicted molar refractivity (Wildman–Crippen MR) is 69.0 cm³/mol. The van der Waals surface area contributed by atoms with Crippen LogP contribution < -0.4 is 5.73 Å². The fourth-order valence-electron chi connectivity index (χ4n) is 1.99. The quantitative estimate of drug-likeness (QED) is 0.391. The lowest BCUT2D eigenvalue weighted by atomic mass is 10.1. The maximum Gasteiger partial charge on any atom is 0.152 e. The summed E-state index contributed by atoms with van der Waals surface area (Å²) in [6, 6.07) is 13.3. The number of hydrogen-bond acceptors (Lipinski definition) is 3. The highest BCUT2D eigenvalue weighted by Crippen LogP contribution is 2.26. The maximum absolute atomic E-state index is 10.8. The lowest BCUT2D eigenvalue weighted by Gasteiger charge is -2.05. The van der Waals surface area contributed by atoms with E-state index in [2.05, 4.69) is 4.98 Å². The molecule has 0 spiro atoms. The van der Waals surface area contributed by atoms with Crippen LogP contribution >= 0.6 is 0 Å². The molecule has 2 N–H and O–H groups in total. The maximum atomic E-state index is 10.8. The summed E-state index contributed by atoms with van der Waals surface area (Å²) in [5.41, 5.74) is 8.70. The minimum atomic E-state index is 0.496. The molecule has 82 valence electrons. The second-order valence-corrected chi connectivity index (χ2v) is 3.93. The molecule has 17 heavy (non-hydrogen) atoms. The largest absolute Gasteiger partial charge is 0.398 e. The highest BCUT2D eigenvalue weighted by molar-refractivity contribution is 6.03. The molecule has 0 aliphatic rings. The first-order valence-corrected chi connectivity index (χ1v) is 5.33. The third-order valence-corrected chi connectivity index (χ3v) is 2.90. The molecule has 0 aliphatic heterocycles. The number of nitrogens with zero attached hydrogens (tertiary/aromatic N) is 1. The molecule has 3 aromatic rings. The number of fused-ring (bicyclic) bond motifs is 2. The third-order valence-electron chi connectivity index (χ3n) is 2.90. The Morgan fingerprint density at radius 1 is 1.06 bits per heavy atom. The van der Waals surface area contributed by atoms with Crippen molar-refractivity contribution in [3.05, 3.63) is 48.0 Å². The zero-order valence-corrected chi connectivity index (χ0v) is 9.05. The van der Waals surface area contributed by atoms with Gasteiger partial charge in [0, 0.05) is 16.3 Å². The van der Waals surface area contributed by atoms with Gasteiger partial charge in [0.15, 0.2) is 6.29 Å². The minimum Gasteiger partial charge on any atom is -0.398 e. The minimum absolute atomic E-state index is 0.496. The van der Waals surface area contributed by atoms with E-state index in [9.17, 15) is 4.79 Å². The number of pyridine rings is 1. The van der Waals surface area contributed by atoms with Gasteiger partial charge in [-0.05, 0) is 24.3 Å². The molecule has 0 saturated heterocycles. The molecule has 1 heterocycles. The zero-order chi connectivity index (χ0) is 11.8. The molecule has 2 aromatic carbocycles. The van der Waals surface area contributed by atoms with E-state index in [4.69, 9.17) is 5.73 Å². The summed E-state index contributed by atoms with van der Waals surface area (Å²) in [4.78, 5) is 15.4. The van der Waals surface area contributed by atoms with Crippen LogP contribution in [-0.4, -0.2) is 11.3 Å². The summed E-state index contributed by atoms with van der Waals surface area (Å²) in [6.45, 7) is 0. The molecule has 0 atom stereocenters. The van der Waals surface area contributed by atoms with Crippen LogP contribution in [0.15, 0.2) is 42.5 Å². The van der Waals surface area contributed by atoms with Crippen molar-refractivity contribution in [1.29, 1.82) is 0 Å². The van der Waals surface area contributed by atoms with Crippen LogP contribution in [0.3, 0.4) is 0 Å². The van der Waals surface area contributed by atoms with E-state index in [-0.39, 0.29) is 0 Å². The van der Waals surface area contributed by atoms with Crippen LogP contribution in [0.1, 0.15) is 10.4 Å². The number of para-hydroxylation sites is 1. The summed E-state index contributed by atoms with van der Waals surface area (Å²) >= 11 is 0. The first kappa shape index (κ1) is 9.78. The van der Waals surface area contributed by atoms with Crippen molar-refractivity contribution in [2.45, 2.75) is 0 Å². The number of aldehydes is 1. The second kappa shape index (κ2) is 3.56.